The van der Waals surface area contributed by atoms with Crippen LogP contribution in [0.1, 0.15) is 44.3 Å². The summed E-state index contributed by atoms with van der Waals surface area (Å²) in [7, 11) is 1.62. The Labute approximate surface area is 219 Å². The number of aromatic nitrogens is 4. The molecule has 0 radical (unpaired) electrons. The summed E-state index contributed by atoms with van der Waals surface area (Å²) in [5, 5.41) is 14.8. The zero-order valence-electron chi connectivity index (χ0n) is 20.9. The van der Waals surface area contributed by atoms with E-state index in [1.165, 1.54) is 28.7 Å². The highest BCUT2D eigenvalue weighted by molar-refractivity contribution is 7.99. The van der Waals surface area contributed by atoms with Gasteiger partial charge in [-0.15, -0.1) is 21.5 Å². The Bertz CT molecular complexity index is 1320. The Kier molecular flexibility index (Phi) is 8.27. The highest BCUT2D eigenvalue weighted by atomic mass is 32.2. The molecule has 36 heavy (non-hydrogen) atoms. The molecule has 1 atom stereocenters. The summed E-state index contributed by atoms with van der Waals surface area (Å²) in [5.74, 6) is 2.14. The summed E-state index contributed by atoms with van der Waals surface area (Å²) in [5.41, 5.74) is 3.06. The van der Waals surface area contributed by atoms with Crippen LogP contribution in [0.5, 0.6) is 11.5 Å². The number of aryl methyl sites for hydroxylation is 1. The Morgan fingerprint density at radius 2 is 1.86 bits per heavy atom. The predicted molar refractivity (Wildman–Crippen MR) is 144 cm³/mol. The molecular weight excluding hydrogens is 494 g/mol. The molecule has 0 aliphatic heterocycles. The third-order valence-corrected chi connectivity index (χ3v) is 7.06. The zero-order valence-corrected chi connectivity index (χ0v) is 22.5. The number of carbonyl (C=O) groups is 1. The maximum absolute atomic E-state index is 12.6. The molecule has 1 amide bonds. The molecule has 10 heteroatoms. The van der Waals surface area contributed by atoms with E-state index in [-0.39, 0.29) is 23.8 Å². The lowest BCUT2D eigenvalue weighted by atomic mass is 10.1. The summed E-state index contributed by atoms with van der Waals surface area (Å²) < 4.78 is 13.4. The van der Waals surface area contributed by atoms with Crippen molar-refractivity contribution < 1.29 is 14.3 Å². The second-order valence-corrected chi connectivity index (χ2v) is 10.3. The van der Waals surface area contributed by atoms with Gasteiger partial charge in [0, 0.05) is 23.1 Å². The molecule has 4 aromatic rings. The van der Waals surface area contributed by atoms with Crippen LogP contribution >= 0.6 is 23.1 Å². The highest BCUT2D eigenvalue weighted by Crippen LogP contribution is 2.29. The number of hydrogen-bond donors (Lipinski definition) is 1. The third-order valence-electron chi connectivity index (χ3n) is 5.36. The molecule has 8 nitrogen and oxygen atoms in total. The molecule has 4 rings (SSSR count). The van der Waals surface area contributed by atoms with Gasteiger partial charge in [0.2, 0.25) is 5.91 Å². The molecule has 0 aliphatic rings. The third kappa shape index (κ3) is 6.24. The van der Waals surface area contributed by atoms with E-state index in [1.54, 1.807) is 7.11 Å². The van der Waals surface area contributed by atoms with Gasteiger partial charge in [-0.3, -0.25) is 4.79 Å². The fourth-order valence-corrected chi connectivity index (χ4v) is 5.16. The monoisotopic (exact) mass is 523 g/mol. The van der Waals surface area contributed by atoms with E-state index in [0.717, 1.165) is 17.0 Å². The number of ether oxygens (including phenoxy) is 2. The van der Waals surface area contributed by atoms with Gasteiger partial charge in [0.15, 0.2) is 22.2 Å². The minimum atomic E-state index is -0.342. The second kappa shape index (κ2) is 11.6. The number of nitrogens with one attached hydrogen (secondary N) is 1. The highest BCUT2D eigenvalue weighted by Gasteiger charge is 2.22. The molecule has 1 N–H and O–H groups in total. The van der Waals surface area contributed by atoms with Crippen LogP contribution < -0.4 is 14.8 Å². The summed E-state index contributed by atoms with van der Waals surface area (Å²) in [6.07, 6.45) is -0.342. The number of amides is 1. The average molecular weight is 524 g/mol. The number of methoxy groups -OCH3 is 1. The molecule has 1 unspecified atom stereocenters. The van der Waals surface area contributed by atoms with Crippen molar-refractivity contribution in [3.8, 4) is 22.8 Å². The van der Waals surface area contributed by atoms with Crippen molar-refractivity contribution in [1.82, 2.24) is 19.7 Å². The van der Waals surface area contributed by atoms with Gasteiger partial charge < -0.3 is 19.4 Å². The number of thioether (sulfide) groups is 1. The van der Waals surface area contributed by atoms with Crippen LogP contribution in [-0.2, 0) is 4.79 Å². The average Bonchev–Trinajstić information content (AvgIpc) is 3.51. The molecule has 2 heterocycles. The van der Waals surface area contributed by atoms with E-state index in [0.29, 0.717) is 21.9 Å². The summed E-state index contributed by atoms with van der Waals surface area (Å²) in [6.45, 7) is 8.08. The zero-order chi connectivity index (χ0) is 25.7. The van der Waals surface area contributed by atoms with Crippen LogP contribution in [0.2, 0.25) is 0 Å². The van der Waals surface area contributed by atoms with E-state index in [4.69, 9.17) is 9.47 Å². The van der Waals surface area contributed by atoms with Crippen molar-refractivity contribution in [1.29, 1.82) is 0 Å². The van der Waals surface area contributed by atoms with Gasteiger partial charge in [-0.25, -0.2) is 4.98 Å². The smallest absolute Gasteiger partial charge is 0.236 e. The van der Waals surface area contributed by atoms with Crippen LogP contribution in [-0.4, -0.2) is 38.5 Å². The maximum atomic E-state index is 12.6. The van der Waals surface area contributed by atoms with E-state index >= 15 is 0 Å². The van der Waals surface area contributed by atoms with Gasteiger partial charge >= 0.3 is 0 Å². The van der Waals surface area contributed by atoms with E-state index in [1.807, 2.05) is 72.3 Å². The SMILES string of the molecule is COc1cccc(OC(C)c2nnc(SCC(=O)Nc3nc(-c4ccc(C)cc4)cs3)n2C(C)C)c1. The molecule has 0 bridgehead atoms. The predicted octanol–water partition coefficient (Wildman–Crippen LogP) is 6.17. The van der Waals surface area contributed by atoms with Gasteiger partial charge in [-0.2, -0.15) is 0 Å². The molecule has 0 saturated carbocycles. The topological polar surface area (TPSA) is 91.2 Å². The molecule has 0 aliphatic carbocycles. The van der Waals surface area contributed by atoms with E-state index in [2.05, 4.69) is 34.3 Å². The Hall–Kier alpha value is -3.37. The first-order chi connectivity index (χ1) is 17.3. The quantitative estimate of drug-likeness (QED) is 0.249. The Morgan fingerprint density at radius 1 is 1.11 bits per heavy atom. The van der Waals surface area contributed by atoms with Gasteiger partial charge in [0.05, 0.1) is 18.6 Å². The standard InChI is InChI=1S/C26H29N5O3S2/c1-16(2)31-24(18(4)34-21-8-6-7-20(13-21)33-5)29-30-26(31)36-15-23(32)28-25-27-22(14-35-25)19-11-9-17(3)10-12-19/h6-14,16,18H,15H2,1-5H3,(H,27,28,32). The Morgan fingerprint density at radius 3 is 2.58 bits per heavy atom. The second-order valence-electron chi connectivity index (χ2n) is 8.48. The minimum Gasteiger partial charge on any atom is -0.497 e. The lowest BCUT2D eigenvalue weighted by Gasteiger charge is -2.19. The van der Waals surface area contributed by atoms with E-state index in [9.17, 15) is 4.79 Å². The number of carbonyl (C=O) groups excluding carboxylic acids is 1. The van der Waals surface area contributed by atoms with Gasteiger partial charge in [0.1, 0.15) is 11.5 Å². The first-order valence-electron chi connectivity index (χ1n) is 11.5. The molecule has 0 fully saturated rings. The molecule has 0 spiro atoms. The lowest BCUT2D eigenvalue weighted by Crippen LogP contribution is -2.16. The largest absolute Gasteiger partial charge is 0.497 e. The normalized spacial score (nSPS) is 11.9. The van der Waals surface area contributed by atoms with Gasteiger partial charge in [0.25, 0.3) is 0 Å². The maximum Gasteiger partial charge on any atom is 0.236 e. The summed E-state index contributed by atoms with van der Waals surface area (Å²) in [6, 6.07) is 15.7. The van der Waals surface area contributed by atoms with Crippen LogP contribution in [0.25, 0.3) is 11.3 Å². The lowest BCUT2D eigenvalue weighted by molar-refractivity contribution is -0.113. The number of rotatable bonds is 10. The number of benzene rings is 2. The van der Waals surface area contributed by atoms with E-state index < -0.39 is 0 Å². The first-order valence-corrected chi connectivity index (χ1v) is 13.4. The van der Waals surface area contributed by atoms with Gasteiger partial charge in [-0.05, 0) is 39.8 Å². The first kappa shape index (κ1) is 25.7. The fourth-order valence-electron chi connectivity index (χ4n) is 3.55. The minimum absolute atomic E-state index is 0.0907. The molecule has 2 aromatic heterocycles. The molecule has 0 saturated heterocycles. The van der Waals surface area contributed by atoms with Crippen molar-refractivity contribution in [2.24, 2.45) is 0 Å². The number of hydrogen-bond acceptors (Lipinski definition) is 8. The van der Waals surface area contributed by atoms with Crippen LogP contribution in [0.4, 0.5) is 5.13 Å². The van der Waals surface area contributed by atoms with Crippen LogP contribution in [0.15, 0.2) is 59.1 Å². The van der Waals surface area contributed by atoms with Crippen molar-refractivity contribution in [2.75, 3.05) is 18.2 Å². The fraction of sp³-hybridized carbons (Fsp3) is 0.308. The number of nitrogens with zero attached hydrogens (tertiary/aromatic N) is 4. The van der Waals surface area contributed by atoms with Crippen LogP contribution in [0, 0.1) is 6.92 Å². The van der Waals surface area contributed by atoms with Crippen molar-refractivity contribution >= 4 is 34.1 Å². The molecule has 188 valence electrons. The number of anilines is 1. The molecular formula is C26H29N5O3S2. The van der Waals surface area contributed by atoms with Crippen molar-refractivity contribution in [3.05, 3.63) is 65.3 Å². The van der Waals surface area contributed by atoms with Crippen molar-refractivity contribution in [3.63, 3.8) is 0 Å². The summed E-state index contributed by atoms with van der Waals surface area (Å²) in [4.78, 5) is 17.2. The van der Waals surface area contributed by atoms with Crippen molar-refractivity contribution in [2.45, 2.75) is 45.0 Å². The molecule has 2 aromatic carbocycles. The van der Waals surface area contributed by atoms with Gasteiger partial charge in [-0.1, -0.05) is 47.7 Å². The van der Waals surface area contributed by atoms with Crippen LogP contribution in [0.3, 0.4) is 0 Å². The Balaban J connectivity index is 1.39. The number of thiazole rings is 1. The summed E-state index contributed by atoms with van der Waals surface area (Å²) >= 11 is 2.74.